The van der Waals surface area contributed by atoms with Crippen LogP contribution < -0.4 is 15.4 Å². The monoisotopic (exact) mass is 506 g/mol. The number of imide groups is 1. The number of rotatable bonds is 8. The third kappa shape index (κ3) is 5.07. The largest absolute Gasteiger partial charge is 0.326 e. The summed E-state index contributed by atoms with van der Waals surface area (Å²) in [5, 5.41) is 7.60. The van der Waals surface area contributed by atoms with Crippen LogP contribution in [0.1, 0.15) is 13.3 Å². The first-order valence-electron chi connectivity index (χ1n) is 9.86. The topological polar surface area (TPSA) is 164 Å². The maximum Gasteiger partial charge on any atom is 0.252 e. The summed E-state index contributed by atoms with van der Waals surface area (Å²) in [6.07, 6.45) is 0.886. The lowest BCUT2D eigenvalue weighted by molar-refractivity contribution is -0.122. The van der Waals surface area contributed by atoms with Gasteiger partial charge < -0.3 is 5.32 Å². The number of nitrogens with two attached hydrogens (primary N) is 1. The number of carbonyl (C=O) groups is 3. The number of amides is 3. The highest BCUT2D eigenvalue weighted by Crippen LogP contribution is 2.30. The van der Waals surface area contributed by atoms with E-state index in [1.54, 1.807) is 0 Å². The van der Waals surface area contributed by atoms with Crippen molar-refractivity contribution in [2.75, 3.05) is 16.8 Å². The van der Waals surface area contributed by atoms with Gasteiger partial charge in [-0.05, 0) is 48.5 Å². The number of carbonyl (C=O) groups excluding carboxylic acids is 3. The normalized spacial score (nSPS) is 16.7. The maximum atomic E-state index is 13.3. The Hall–Kier alpha value is -3.39. The van der Waals surface area contributed by atoms with Gasteiger partial charge in [0.1, 0.15) is 6.04 Å². The molecule has 11 nitrogen and oxygen atoms in total. The summed E-state index contributed by atoms with van der Waals surface area (Å²) >= 11 is 0. The number of nitrogens with zero attached hydrogens (tertiary/aromatic N) is 2. The van der Waals surface area contributed by atoms with Crippen molar-refractivity contribution in [3.05, 3.63) is 61.2 Å². The van der Waals surface area contributed by atoms with Crippen LogP contribution in [0.2, 0.25) is 0 Å². The smallest absolute Gasteiger partial charge is 0.252 e. The van der Waals surface area contributed by atoms with E-state index in [0.717, 1.165) is 21.3 Å². The molecule has 2 aromatic carbocycles. The van der Waals surface area contributed by atoms with E-state index in [2.05, 4.69) is 11.9 Å². The Kier molecular flexibility index (Phi) is 7.02. The van der Waals surface area contributed by atoms with E-state index in [1.807, 2.05) is 0 Å². The zero-order valence-electron chi connectivity index (χ0n) is 18.0. The Morgan fingerprint density at radius 2 is 1.65 bits per heavy atom. The molecule has 0 radical (unpaired) electrons. The molecule has 1 atom stereocenters. The molecule has 2 aromatic rings. The second-order valence-corrected chi connectivity index (χ2v) is 10.8. The molecule has 1 unspecified atom stereocenters. The summed E-state index contributed by atoms with van der Waals surface area (Å²) in [6.45, 7) is 4.62. The van der Waals surface area contributed by atoms with E-state index in [4.69, 9.17) is 5.14 Å². The standard InChI is InChI=1S/C21H22N4O7S2/c1-3-12-24(34(31,32)18-8-4-15(5-9-18)23-14(2)26)19-13-20(27)25(21(19)28)16-6-10-17(11-7-16)33(22,29)30/h3-11,19H,1,12-13H2,2H3,(H,23,26)(H2,22,29,30). The Morgan fingerprint density at radius 3 is 2.15 bits per heavy atom. The predicted octanol–water partition coefficient (Wildman–Crippen LogP) is 0.801. The summed E-state index contributed by atoms with van der Waals surface area (Å²) < 4.78 is 50.4. The average molecular weight is 507 g/mol. The summed E-state index contributed by atoms with van der Waals surface area (Å²) in [4.78, 5) is 37.5. The number of primary sulfonamides is 1. The molecule has 13 heteroatoms. The highest BCUT2D eigenvalue weighted by Gasteiger charge is 2.46. The number of hydrogen-bond donors (Lipinski definition) is 2. The van der Waals surface area contributed by atoms with Gasteiger partial charge in [0.15, 0.2) is 0 Å². The van der Waals surface area contributed by atoms with Gasteiger partial charge in [0, 0.05) is 19.2 Å². The Morgan fingerprint density at radius 1 is 1.09 bits per heavy atom. The third-order valence-corrected chi connectivity index (χ3v) is 7.80. The second kappa shape index (κ2) is 9.46. The molecule has 34 heavy (non-hydrogen) atoms. The van der Waals surface area contributed by atoms with Crippen LogP contribution in [0, 0.1) is 0 Å². The maximum absolute atomic E-state index is 13.3. The van der Waals surface area contributed by atoms with Crippen LogP contribution in [-0.4, -0.2) is 51.4 Å². The van der Waals surface area contributed by atoms with Gasteiger partial charge in [-0.25, -0.2) is 26.9 Å². The quantitative estimate of drug-likeness (QED) is 0.395. The Labute approximate surface area is 196 Å². The van der Waals surface area contributed by atoms with Crippen LogP contribution in [0.4, 0.5) is 11.4 Å². The summed E-state index contributed by atoms with van der Waals surface area (Å²) in [7, 11) is -8.20. The van der Waals surface area contributed by atoms with Crippen molar-refractivity contribution < 1.29 is 31.2 Å². The SMILES string of the molecule is C=CCN(C1CC(=O)N(c2ccc(S(N)(=O)=O)cc2)C1=O)S(=O)(=O)c1ccc(NC(C)=O)cc1. The van der Waals surface area contributed by atoms with Crippen LogP contribution in [0.3, 0.4) is 0 Å². The lowest BCUT2D eigenvalue weighted by Crippen LogP contribution is -2.45. The van der Waals surface area contributed by atoms with Crippen LogP contribution in [0.5, 0.6) is 0 Å². The molecule has 0 spiro atoms. The number of benzene rings is 2. The molecule has 1 heterocycles. The molecule has 1 aliphatic rings. The van der Waals surface area contributed by atoms with Crippen LogP contribution in [0.15, 0.2) is 71.0 Å². The molecule has 0 aromatic heterocycles. The first-order valence-corrected chi connectivity index (χ1v) is 12.8. The van der Waals surface area contributed by atoms with Crippen LogP contribution in [0.25, 0.3) is 0 Å². The van der Waals surface area contributed by atoms with Crippen molar-refractivity contribution in [1.29, 1.82) is 0 Å². The van der Waals surface area contributed by atoms with Gasteiger partial charge >= 0.3 is 0 Å². The average Bonchev–Trinajstić information content (AvgIpc) is 3.04. The van der Waals surface area contributed by atoms with Gasteiger partial charge in [0.2, 0.25) is 31.9 Å². The molecule has 180 valence electrons. The Balaban J connectivity index is 1.92. The lowest BCUT2D eigenvalue weighted by Gasteiger charge is -2.25. The molecule has 3 N–H and O–H groups in total. The van der Waals surface area contributed by atoms with Crippen LogP contribution >= 0.6 is 0 Å². The summed E-state index contributed by atoms with van der Waals surface area (Å²) in [6, 6.07) is 8.81. The van der Waals surface area contributed by atoms with Crippen molar-refractivity contribution >= 4 is 49.1 Å². The number of sulfonamides is 2. The first kappa shape index (κ1) is 25.2. The van der Waals surface area contributed by atoms with E-state index in [9.17, 15) is 31.2 Å². The van der Waals surface area contributed by atoms with Crippen molar-refractivity contribution in [1.82, 2.24) is 4.31 Å². The van der Waals surface area contributed by atoms with Crippen molar-refractivity contribution in [3.8, 4) is 0 Å². The van der Waals surface area contributed by atoms with Crippen molar-refractivity contribution in [2.24, 2.45) is 5.14 Å². The summed E-state index contributed by atoms with van der Waals surface area (Å²) in [5.74, 6) is -1.76. The molecule has 1 saturated heterocycles. The molecular formula is C21H22N4O7S2. The molecule has 0 bridgehead atoms. The molecule has 1 fully saturated rings. The molecule has 3 rings (SSSR count). The third-order valence-electron chi connectivity index (χ3n) is 4.98. The molecule has 3 amide bonds. The molecule has 0 saturated carbocycles. The summed E-state index contributed by atoms with van der Waals surface area (Å²) in [5.41, 5.74) is 0.475. The fourth-order valence-corrected chi connectivity index (χ4v) is 5.53. The van der Waals surface area contributed by atoms with Gasteiger partial charge in [-0.2, -0.15) is 4.31 Å². The molecule has 0 aliphatic carbocycles. The van der Waals surface area contributed by atoms with Gasteiger partial charge in [-0.1, -0.05) is 6.08 Å². The molecular weight excluding hydrogens is 484 g/mol. The fraction of sp³-hybridized carbons (Fsp3) is 0.190. The van der Waals surface area contributed by atoms with Gasteiger partial charge in [-0.15, -0.1) is 6.58 Å². The van der Waals surface area contributed by atoms with E-state index >= 15 is 0 Å². The van der Waals surface area contributed by atoms with E-state index < -0.39 is 44.3 Å². The zero-order valence-corrected chi connectivity index (χ0v) is 19.7. The Bertz CT molecular complexity index is 1350. The minimum Gasteiger partial charge on any atom is -0.326 e. The fourth-order valence-electron chi connectivity index (χ4n) is 3.47. The van der Waals surface area contributed by atoms with Crippen molar-refractivity contribution in [3.63, 3.8) is 0 Å². The van der Waals surface area contributed by atoms with Crippen LogP contribution in [-0.2, 0) is 34.4 Å². The highest BCUT2D eigenvalue weighted by molar-refractivity contribution is 7.89. The minimum atomic E-state index is -4.23. The van der Waals surface area contributed by atoms with E-state index in [0.29, 0.717) is 5.69 Å². The van der Waals surface area contributed by atoms with E-state index in [-0.39, 0.29) is 27.9 Å². The zero-order chi connectivity index (χ0) is 25.3. The van der Waals surface area contributed by atoms with Gasteiger partial charge in [0.05, 0.1) is 21.9 Å². The lowest BCUT2D eigenvalue weighted by atomic mass is 10.2. The number of hydrogen-bond acceptors (Lipinski definition) is 7. The highest BCUT2D eigenvalue weighted by atomic mass is 32.2. The van der Waals surface area contributed by atoms with E-state index in [1.165, 1.54) is 49.4 Å². The minimum absolute atomic E-state index is 0.0838. The van der Waals surface area contributed by atoms with Gasteiger partial charge in [-0.3, -0.25) is 14.4 Å². The van der Waals surface area contributed by atoms with Crippen molar-refractivity contribution in [2.45, 2.75) is 29.2 Å². The molecule has 1 aliphatic heterocycles. The first-order chi connectivity index (χ1) is 15.9. The second-order valence-electron chi connectivity index (χ2n) is 7.40. The predicted molar refractivity (Wildman–Crippen MR) is 124 cm³/mol. The number of nitrogens with one attached hydrogen (secondary N) is 1. The van der Waals surface area contributed by atoms with Gasteiger partial charge in [0.25, 0.3) is 5.91 Å². The number of anilines is 2.